The number of nitro benzene ring substituents is 1. The molecule has 2 aliphatic heterocycles. The molecule has 0 bridgehead atoms. The first kappa shape index (κ1) is 17.4. The Hall–Kier alpha value is -2.44. The van der Waals surface area contributed by atoms with Crippen molar-refractivity contribution in [2.45, 2.75) is 33.1 Å². The van der Waals surface area contributed by atoms with Crippen LogP contribution in [0, 0.1) is 22.5 Å². The molecule has 7 heteroatoms. The number of piperidine rings is 1. The lowest BCUT2D eigenvalue weighted by Crippen LogP contribution is -2.47. The summed E-state index contributed by atoms with van der Waals surface area (Å²) in [5, 5.41) is 11.1. The summed E-state index contributed by atoms with van der Waals surface area (Å²) in [6.07, 6.45) is 2.81. The molecule has 0 saturated carbocycles. The Kier molecular flexibility index (Phi) is 4.49. The van der Waals surface area contributed by atoms with Gasteiger partial charge in [-0.2, -0.15) is 0 Å². The number of likely N-dealkylation sites (tertiary alicyclic amines) is 2. The molecule has 1 aromatic carbocycles. The minimum Gasteiger partial charge on any atom is -0.342 e. The molecule has 0 aliphatic carbocycles. The number of aryl methyl sites for hydroxylation is 1. The van der Waals surface area contributed by atoms with Crippen molar-refractivity contribution >= 4 is 17.5 Å². The third kappa shape index (κ3) is 3.36. The van der Waals surface area contributed by atoms with Crippen molar-refractivity contribution in [2.24, 2.45) is 5.41 Å². The van der Waals surface area contributed by atoms with E-state index in [-0.39, 0.29) is 22.9 Å². The normalized spacial score (nSPS) is 23.1. The average Bonchev–Trinajstić information content (AvgIpc) is 2.98. The lowest BCUT2D eigenvalue weighted by Gasteiger charge is -2.40. The van der Waals surface area contributed by atoms with Crippen LogP contribution in [0.15, 0.2) is 18.2 Å². The van der Waals surface area contributed by atoms with Gasteiger partial charge >= 0.3 is 0 Å². The second-order valence-electron chi connectivity index (χ2n) is 7.28. The van der Waals surface area contributed by atoms with Gasteiger partial charge in [-0.1, -0.05) is 6.07 Å². The van der Waals surface area contributed by atoms with Gasteiger partial charge in [0.15, 0.2) is 0 Å². The molecule has 0 aromatic heterocycles. The number of hydrogen-bond donors (Lipinski definition) is 0. The fraction of sp³-hybridized carbons (Fsp3) is 0.556. The molecule has 7 nitrogen and oxygen atoms in total. The van der Waals surface area contributed by atoms with Crippen LogP contribution >= 0.6 is 0 Å². The van der Waals surface area contributed by atoms with E-state index >= 15 is 0 Å². The molecular weight excluding hydrogens is 322 g/mol. The van der Waals surface area contributed by atoms with Gasteiger partial charge in [0.25, 0.3) is 11.6 Å². The molecule has 2 amide bonds. The van der Waals surface area contributed by atoms with Crippen molar-refractivity contribution in [3.05, 3.63) is 39.4 Å². The standard InChI is InChI=1S/C18H23N3O4/c1-13-4-5-15(10-16(13)21(24)25)17(23)20-8-3-6-18(12-20)7-9-19(11-18)14(2)22/h4-5,10H,3,6-9,11-12H2,1-2H3/t18-/m0/s1. The van der Waals surface area contributed by atoms with E-state index in [1.807, 2.05) is 4.90 Å². The summed E-state index contributed by atoms with van der Waals surface area (Å²) in [4.78, 5) is 38.8. The number of carbonyl (C=O) groups is 2. The van der Waals surface area contributed by atoms with E-state index in [9.17, 15) is 19.7 Å². The Labute approximate surface area is 146 Å². The third-order valence-electron chi connectivity index (χ3n) is 5.49. The summed E-state index contributed by atoms with van der Waals surface area (Å²) < 4.78 is 0. The molecule has 0 N–H and O–H groups in total. The van der Waals surface area contributed by atoms with Gasteiger partial charge in [-0.25, -0.2) is 0 Å². The first-order chi connectivity index (χ1) is 11.8. The van der Waals surface area contributed by atoms with Crippen molar-refractivity contribution in [1.82, 2.24) is 9.80 Å². The highest BCUT2D eigenvalue weighted by Crippen LogP contribution is 2.39. The van der Waals surface area contributed by atoms with Crippen LogP contribution in [0.2, 0.25) is 0 Å². The van der Waals surface area contributed by atoms with Crippen molar-refractivity contribution < 1.29 is 14.5 Å². The Morgan fingerprint density at radius 1 is 1.16 bits per heavy atom. The highest BCUT2D eigenvalue weighted by atomic mass is 16.6. The van der Waals surface area contributed by atoms with E-state index in [0.717, 1.165) is 25.8 Å². The zero-order valence-corrected chi connectivity index (χ0v) is 14.7. The monoisotopic (exact) mass is 345 g/mol. The molecular formula is C18H23N3O4. The van der Waals surface area contributed by atoms with Gasteiger partial charge in [0.2, 0.25) is 5.91 Å². The van der Waals surface area contributed by atoms with Crippen LogP contribution in [0.3, 0.4) is 0 Å². The lowest BCUT2D eigenvalue weighted by molar-refractivity contribution is -0.385. The summed E-state index contributed by atoms with van der Waals surface area (Å²) in [5.41, 5.74) is 0.845. The van der Waals surface area contributed by atoms with E-state index in [1.54, 1.807) is 30.9 Å². The number of carbonyl (C=O) groups excluding carboxylic acids is 2. The summed E-state index contributed by atoms with van der Waals surface area (Å²) in [5.74, 6) is -0.0852. The van der Waals surface area contributed by atoms with E-state index in [2.05, 4.69) is 0 Å². The van der Waals surface area contributed by atoms with Gasteiger partial charge in [-0.15, -0.1) is 0 Å². The van der Waals surface area contributed by atoms with Crippen molar-refractivity contribution in [3.8, 4) is 0 Å². The van der Waals surface area contributed by atoms with Gasteiger partial charge in [0, 0.05) is 55.7 Å². The van der Waals surface area contributed by atoms with Crippen molar-refractivity contribution in [2.75, 3.05) is 26.2 Å². The van der Waals surface area contributed by atoms with E-state index < -0.39 is 4.92 Å². The lowest BCUT2D eigenvalue weighted by atomic mass is 9.79. The topological polar surface area (TPSA) is 83.8 Å². The van der Waals surface area contributed by atoms with Gasteiger partial charge in [-0.05, 0) is 32.3 Å². The van der Waals surface area contributed by atoms with Crippen LogP contribution in [0.4, 0.5) is 5.69 Å². The number of amides is 2. The molecule has 2 aliphatic rings. The summed E-state index contributed by atoms with van der Waals surface area (Å²) in [6, 6.07) is 4.65. The molecule has 1 spiro atoms. The number of nitrogens with zero attached hydrogens (tertiary/aromatic N) is 3. The zero-order valence-electron chi connectivity index (χ0n) is 14.7. The Morgan fingerprint density at radius 3 is 2.52 bits per heavy atom. The second-order valence-corrected chi connectivity index (χ2v) is 7.28. The minimum absolute atomic E-state index is 0.0267. The van der Waals surface area contributed by atoms with E-state index in [0.29, 0.717) is 30.8 Å². The molecule has 134 valence electrons. The average molecular weight is 345 g/mol. The number of hydrogen-bond acceptors (Lipinski definition) is 4. The summed E-state index contributed by atoms with van der Waals surface area (Å²) >= 11 is 0. The number of benzene rings is 1. The Bertz CT molecular complexity index is 733. The van der Waals surface area contributed by atoms with Crippen LogP contribution in [-0.2, 0) is 4.79 Å². The fourth-order valence-electron chi connectivity index (χ4n) is 4.04. The molecule has 1 aromatic rings. The highest BCUT2D eigenvalue weighted by Gasteiger charge is 2.43. The summed E-state index contributed by atoms with van der Waals surface area (Å²) in [7, 11) is 0. The van der Waals surface area contributed by atoms with Gasteiger partial charge in [-0.3, -0.25) is 19.7 Å². The summed E-state index contributed by atoms with van der Waals surface area (Å²) in [6.45, 7) is 5.94. The highest BCUT2D eigenvalue weighted by molar-refractivity contribution is 5.95. The number of nitro groups is 1. The quantitative estimate of drug-likeness (QED) is 0.608. The van der Waals surface area contributed by atoms with Crippen LogP contribution < -0.4 is 0 Å². The molecule has 3 rings (SSSR count). The minimum atomic E-state index is -0.453. The molecule has 2 saturated heterocycles. The first-order valence-corrected chi connectivity index (χ1v) is 8.61. The van der Waals surface area contributed by atoms with Crippen molar-refractivity contribution in [1.29, 1.82) is 0 Å². The first-order valence-electron chi connectivity index (χ1n) is 8.61. The van der Waals surface area contributed by atoms with Gasteiger partial charge in [0.05, 0.1) is 4.92 Å². The maximum Gasteiger partial charge on any atom is 0.273 e. The fourth-order valence-corrected chi connectivity index (χ4v) is 4.04. The third-order valence-corrected chi connectivity index (χ3v) is 5.49. The van der Waals surface area contributed by atoms with Crippen LogP contribution in [-0.4, -0.2) is 52.7 Å². The van der Waals surface area contributed by atoms with Gasteiger partial charge in [0.1, 0.15) is 0 Å². The van der Waals surface area contributed by atoms with Gasteiger partial charge < -0.3 is 9.80 Å². The van der Waals surface area contributed by atoms with E-state index in [4.69, 9.17) is 0 Å². The Morgan fingerprint density at radius 2 is 1.88 bits per heavy atom. The maximum absolute atomic E-state index is 12.9. The predicted octanol–water partition coefficient (Wildman–Crippen LogP) is 2.38. The van der Waals surface area contributed by atoms with Crippen molar-refractivity contribution in [3.63, 3.8) is 0 Å². The van der Waals surface area contributed by atoms with Crippen LogP contribution in [0.1, 0.15) is 42.1 Å². The molecule has 0 unspecified atom stereocenters. The maximum atomic E-state index is 12.9. The smallest absolute Gasteiger partial charge is 0.273 e. The number of rotatable bonds is 2. The molecule has 25 heavy (non-hydrogen) atoms. The zero-order chi connectivity index (χ0) is 18.2. The predicted molar refractivity (Wildman–Crippen MR) is 92.3 cm³/mol. The Balaban J connectivity index is 1.78. The van der Waals surface area contributed by atoms with E-state index in [1.165, 1.54) is 6.07 Å². The molecule has 0 radical (unpaired) electrons. The molecule has 1 atom stereocenters. The van der Waals surface area contributed by atoms with Crippen LogP contribution in [0.5, 0.6) is 0 Å². The molecule has 2 heterocycles. The largest absolute Gasteiger partial charge is 0.342 e. The second kappa shape index (κ2) is 6.46. The molecule has 2 fully saturated rings. The van der Waals surface area contributed by atoms with Crippen LogP contribution in [0.25, 0.3) is 0 Å². The SMILES string of the molecule is CC(=O)N1CC[C@@]2(CCCN(C(=O)c3ccc(C)c([N+](=O)[O-])c3)C2)C1.